The maximum absolute atomic E-state index is 12.6. The van der Waals surface area contributed by atoms with Gasteiger partial charge in [-0.2, -0.15) is 13.2 Å². The SMILES string of the molecule is CCOC(=O)C=CCCCOc1cc(C(F)(F)F)ccc1C. The molecular formula is C16H19F3O3. The summed E-state index contributed by atoms with van der Waals surface area (Å²) in [6.45, 7) is 4.00. The first-order valence-electron chi connectivity index (χ1n) is 6.98. The third-order valence-electron chi connectivity index (χ3n) is 2.83. The lowest BCUT2D eigenvalue weighted by Crippen LogP contribution is -2.06. The molecule has 0 amide bonds. The van der Waals surface area contributed by atoms with Crippen LogP contribution in [0.3, 0.4) is 0 Å². The van der Waals surface area contributed by atoms with E-state index < -0.39 is 17.7 Å². The first-order valence-corrected chi connectivity index (χ1v) is 6.98. The van der Waals surface area contributed by atoms with Crippen molar-refractivity contribution in [1.82, 2.24) is 0 Å². The molecule has 22 heavy (non-hydrogen) atoms. The molecule has 0 aliphatic carbocycles. The van der Waals surface area contributed by atoms with E-state index in [0.29, 0.717) is 25.0 Å². The van der Waals surface area contributed by atoms with Crippen molar-refractivity contribution < 1.29 is 27.4 Å². The zero-order valence-corrected chi connectivity index (χ0v) is 12.6. The molecule has 0 N–H and O–H groups in total. The lowest BCUT2D eigenvalue weighted by Gasteiger charge is -2.12. The summed E-state index contributed by atoms with van der Waals surface area (Å²) in [5.74, 6) is -0.179. The average Bonchev–Trinajstić information content (AvgIpc) is 2.43. The number of ether oxygens (including phenoxy) is 2. The summed E-state index contributed by atoms with van der Waals surface area (Å²) in [6, 6.07) is 3.42. The number of allylic oxidation sites excluding steroid dienone is 1. The molecule has 6 heteroatoms. The standard InChI is InChI=1S/C16H19F3O3/c1-3-21-15(20)7-5-4-6-10-22-14-11-13(16(17,18)19)9-8-12(14)2/h5,7-9,11H,3-4,6,10H2,1-2H3. The van der Waals surface area contributed by atoms with Gasteiger partial charge < -0.3 is 9.47 Å². The number of esters is 1. The minimum Gasteiger partial charge on any atom is -0.493 e. The molecule has 1 rings (SSSR count). The summed E-state index contributed by atoms with van der Waals surface area (Å²) in [7, 11) is 0. The van der Waals surface area contributed by atoms with E-state index in [-0.39, 0.29) is 12.4 Å². The fourth-order valence-corrected chi connectivity index (χ4v) is 1.69. The van der Waals surface area contributed by atoms with Crippen molar-refractivity contribution in [2.75, 3.05) is 13.2 Å². The van der Waals surface area contributed by atoms with Crippen LogP contribution in [0.5, 0.6) is 5.75 Å². The summed E-state index contributed by atoms with van der Waals surface area (Å²) in [6.07, 6.45) is -0.226. The Morgan fingerprint density at radius 3 is 2.68 bits per heavy atom. The van der Waals surface area contributed by atoms with Crippen LogP contribution in [0.4, 0.5) is 13.2 Å². The second kappa shape index (κ2) is 8.46. The minimum atomic E-state index is -4.38. The Bertz CT molecular complexity index is 522. The van der Waals surface area contributed by atoms with Gasteiger partial charge >= 0.3 is 12.1 Å². The first-order chi connectivity index (χ1) is 10.3. The van der Waals surface area contributed by atoms with Crippen molar-refractivity contribution in [3.63, 3.8) is 0 Å². The van der Waals surface area contributed by atoms with Gasteiger partial charge in [-0.15, -0.1) is 0 Å². The molecule has 0 fully saturated rings. The van der Waals surface area contributed by atoms with Gasteiger partial charge in [0.15, 0.2) is 0 Å². The van der Waals surface area contributed by atoms with E-state index in [1.807, 2.05) is 0 Å². The smallest absolute Gasteiger partial charge is 0.416 e. The van der Waals surface area contributed by atoms with Crippen molar-refractivity contribution in [3.8, 4) is 5.75 Å². The van der Waals surface area contributed by atoms with E-state index in [2.05, 4.69) is 0 Å². The van der Waals surface area contributed by atoms with Gasteiger partial charge in [-0.25, -0.2) is 4.79 Å². The highest BCUT2D eigenvalue weighted by molar-refractivity contribution is 5.81. The number of halogens is 3. The first kappa shape index (κ1) is 18.1. The number of carbonyl (C=O) groups is 1. The zero-order chi connectivity index (χ0) is 16.6. The number of aryl methyl sites for hydroxylation is 1. The van der Waals surface area contributed by atoms with Gasteiger partial charge in [0.05, 0.1) is 18.8 Å². The molecule has 0 aliphatic heterocycles. The highest BCUT2D eigenvalue weighted by Gasteiger charge is 2.30. The van der Waals surface area contributed by atoms with Crippen molar-refractivity contribution >= 4 is 5.97 Å². The third kappa shape index (κ3) is 6.20. The Morgan fingerprint density at radius 1 is 1.32 bits per heavy atom. The van der Waals surface area contributed by atoms with Gasteiger partial charge in [0.2, 0.25) is 0 Å². The van der Waals surface area contributed by atoms with Crippen LogP contribution in [0.1, 0.15) is 30.9 Å². The molecule has 0 heterocycles. The predicted octanol–water partition coefficient (Wildman–Crippen LogP) is 4.29. The van der Waals surface area contributed by atoms with E-state index in [1.165, 1.54) is 12.1 Å². The number of alkyl halides is 3. The summed E-state index contributed by atoms with van der Waals surface area (Å²) >= 11 is 0. The van der Waals surface area contributed by atoms with E-state index >= 15 is 0 Å². The Balaban J connectivity index is 2.44. The van der Waals surface area contributed by atoms with Gasteiger partial charge in [0, 0.05) is 6.08 Å². The van der Waals surface area contributed by atoms with E-state index in [1.54, 1.807) is 19.9 Å². The van der Waals surface area contributed by atoms with Crippen LogP contribution in [0.25, 0.3) is 0 Å². The number of rotatable bonds is 7. The van der Waals surface area contributed by atoms with Crippen molar-refractivity contribution in [2.45, 2.75) is 32.9 Å². The van der Waals surface area contributed by atoms with E-state index in [9.17, 15) is 18.0 Å². The van der Waals surface area contributed by atoms with Crippen LogP contribution in [-0.2, 0) is 15.7 Å². The molecule has 0 aliphatic rings. The third-order valence-corrected chi connectivity index (χ3v) is 2.83. The van der Waals surface area contributed by atoms with E-state index in [4.69, 9.17) is 9.47 Å². The highest BCUT2D eigenvalue weighted by atomic mass is 19.4. The molecule has 0 bridgehead atoms. The molecule has 1 aromatic rings. The molecule has 0 spiro atoms. The van der Waals surface area contributed by atoms with Gasteiger partial charge in [-0.05, 0) is 44.4 Å². The summed E-state index contributed by atoms with van der Waals surface area (Å²) in [5.41, 5.74) is -0.0784. The summed E-state index contributed by atoms with van der Waals surface area (Å²) in [5, 5.41) is 0. The Morgan fingerprint density at radius 2 is 2.05 bits per heavy atom. The second-order valence-electron chi connectivity index (χ2n) is 4.62. The molecule has 0 saturated heterocycles. The van der Waals surface area contributed by atoms with Crippen LogP contribution < -0.4 is 4.74 Å². The highest BCUT2D eigenvalue weighted by Crippen LogP contribution is 2.32. The Kier molecular flexibility index (Phi) is 6.95. The van der Waals surface area contributed by atoms with Crippen LogP contribution in [0, 0.1) is 6.92 Å². The maximum atomic E-state index is 12.6. The fourth-order valence-electron chi connectivity index (χ4n) is 1.69. The average molecular weight is 316 g/mol. The van der Waals surface area contributed by atoms with Crippen LogP contribution in [-0.4, -0.2) is 19.2 Å². The molecule has 0 aromatic heterocycles. The van der Waals surface area contributed by atoms with Crippen molar-refractivity contribution in [2.24, 2.45) is 0 Å². The number of carbonyl (C=O) groups excluding carboxylic acids is 1. The zero-order valence-electron chi connectivity index (χ0n) is 12.6. The number of hydrogen-bond donors (Lipinski definition) is 0. The minimum absolute atomic E-state index is 0.226. The normalized spacial score (nSPS) is 11.7. The topological polar surface area (TPSA) is 35.5 Å². The number of unbranched alkanes of at least 4 members (excludes halogenated alkanes) is 1. The van der Waals surface area contributed by atoms with Crippen molar-refractivity contribution in [3.05, 3.63) is 41.5 Å². The largest absolute Gasteiger partial charge is 0.493 e. The summed E-state index contributed by atoms with van der Waals surface area (Å²) in [4.78, 5) is 11.0. The lowest BCUT2D eigenvalue weighted by atomic mass is 10.1. The van der Waals surface area contributed by atoms with Crippen molar-refractivity contribution in [1.29, 1.82) is 0 Å². The summed E-state index contributed by atoms with van der Waals surface area (Å²) < 4.78 is 47.9. The van der Waals surface area contributed by atoms with Gasteiger partial charge in [0.1, 0.15) is 5.75 Å². The maximum Gasteiger partial charge on any atom is 0.416 e. The Hall–Kier alpha value is -1.98. The van der Waals surface area contributed by atoms with Gasteiger partial charge in [-0.3, -0.25) is 0 Å². The van der Waals surface area contributed by atoms with E-state index in [0.717, 1.165) is 12.1 Å². The lowest BCUT2D eigenvalue weighted by molar-refractivity contribution is -0.138. The monoisotopic (exact) mass is 316 g/mol. The Labute approximate surface area is 127 Å². The molecule has 1 aromatic carbocycles. The molecule has 122 valence electrons. The molecule has 0 radical (unpaired) electrons. The quantitative estimate of drug-likeness (QED) is 0.427. The predicted molar refractivity (Wildman–Crippen MR) is 76.7 cm³/mol. The fraction of sp³-hybridized carbons (Fsp3) is 0.438. The van der Waals surface area contributed by atoms with Gasteiger partial charge in [0.25, 0.3) is 0 Å². The second-order valence-corrected chi connectivity index (χ2v) is 4.62. The van der Waals surface area contributed by atoms with Gasteiger partial charge in [-0.1, -0.05) is 12.1 Å². The number of benzene rings is 1. The molecular weight excluding hydrogens is 297 g/mol. The molecule has 0 saturated carbocycles. The molecule has 0 atom stereocenters. The molecule has 3 nitrogen and oxygen atoms in total. The van der Waals surface area contributed by atoms with Crippen LogP contribution in [0.2, 0.25) is 0 Å². The molecule has 0 unspecified atom stereocenters. The van der Waals surface area contributed by atoms with Crippen LogP contribution in [0.15, 0.2) is 30.4 Å². The number of hydrogen-bond acceptors (Lipinski definition) is 3. The van der Waals surface area contributed by atoms with Crippen LogP contribution >= 0.6 is 0 Å².